The Hall–Kier alpha value is -1.86. The molecule has 1 heterocycles. The van der Waals surface area contributed by atoms with Crippen molar-refractivity contribution in [1.82, 2.24) is 5.32 Å². The fourth-order valence-electron chi connectivity index (χ4n) is 2.51. The van der Waals surface area contributed by atoms with Crippen LogP contribution in [-0.2, 0) is 16.1 Å². The Morgan fingerprint density at radius 1 is 1.43 bits per heavy atom. The van der Waals surface area contributed by atoms with Gasteiger partial charge < -0.3 is 20.1 Å². The maximum atomic E-state index is 12.2. The number of aliphatic carboxylic acids is 1. The van der Waals surface area contributed by atoms with Crippen LogP contribution in [0.25, 0.3) is 0 Å². The summed E-state index contributed by atoms with van der Waals surface area (Å²) in [4.78, 5) is 23.4. The van der Waals surface area contributed by atoms with Crippen molar-refractivity contribution >= 4 is 24.5 Å². The van der Waals surface area contributed by atoms with E-state index in [0.29, 0.717) is 30.0 Å². The minimum absolute atomic E-state index is 0.317. The lowest BCUT2D eigenvalue weighted by molar-refractivity contribution is -0.139. The van der Waals surface area contributed by atoms with Gasteiger partial charge in [-0.3, -0.25) is 4.79 Å². The molecule has 110 valence electrons. The summed E-state index contributed by atoms with van der Waals surface area (Å²) in [5.41, 5.74) is 1.74. The maximum absolute atomic E-state index is 12.2. The van der Waals surface area contributed by atoms with E-state index in [-0.39, 0.29) is 0 Å². The predicted octanol–water partition coefficient (Wildman–Crippen LogP) is -0.113. The van der Waals surface area contributed by atoms with Gasteiger partial charge in [0, 0.05) is 5.56 Å². The number of hydrogen-bond donors (Lipinski definition) is 3. The normalized spacial score (nSPS) is 18.2. The third kappa shape index (κ3) is 3.09. The molecule has 1 aliphatic carbocycles. The van der Waals surface area contributed by atoms with E-state index >= 15 is 0 Å². The van der Waals surface area contributed by atoms with Gasteiger partial charge in [-0.1, -0.05) is 18.9 Å². The third-order valence-electron chi connectivity index (χ3n) is 3.94. The van der Waals surface area contributed by atoms with Crippen molar-refractivity contribution in [2.75, 3.05) is 0 Å². The molecule has 1 atom stereocenters. The Morgan fingerprint density at radius 2 is 2.19 bits per heavy atom. The van der Waals surface area contributed by atoms with Crippen LogP contribution in [0.15, 0.2) is 18.2 Å². The molecule has 0 aromatic heterocycles. The van der Waals surface area contributed by atoms with Crippen LogP contribution in [0, 0.1) is 5.92 Å². The molecule has 1 saturated carbocycles. The van der Waals surface area contributed by atoms with Crippen molar-refractivity contribution in [2.24, 2.45) is 5.92 Å². The second-order valence-corrected chi connectivity index (χ2v) is 5.62. The van der Waals surface area contributed by atoms with E-state index in [2.05, 4.69) is 5.32 Å². The third-order valence-corrected chi connectivity index (χ3v) is 3.94. The molecule has 1 aromatic rings. The zero-order valence-electron chi connectivity index (χ0n) is 11.4. The zero-order chi connectivity index (χ0) is 15.0. The number of carbonyl (C=O) groups excluding carboxylic acids is 1. The Labute approximate surface area is 122 Å². The van der Waals surface area contributed by atoms with Gasteiger partial charge in [0.1, 0.15) is 6.04 Å². The summed E-state index contributed by atoms with van der Waals surface area (Å²) in [5, 5.41) is 21.4. The largest absolute Gasteiger partial charge is 0.491 e. The summed E-state index contributed by atoms with van der Waals surface area (Å²) < 4.78 is 5.07. The molecule has 21 heavy (non-hydrogen) atoms. The predicted molar refractivity (Wildman–Crippen MR) is 75.1 cm³/mol. The number of benzene rings is 1. The topological polar surface area (TPSA) is 95.9 Å². The van der Waals surface area contributed by atoms with Crippen LogP contribution < -0.4 is 10.8 Å². The molecule has 1 aliphatic heterocycles. The lowest BCUT2D eigenvalue weighted by Gasteiger charge is -2.14. The van der Waals surface area contributed by atoms with Crippen LogP contribution in [0.4, 0.5) is 0 Å². The lowest BCUT2D eigenvalue weighted by atomic mass is 9.79. The minimum atomic E-state index is -1.02. The van der Waals surface area contributed by atoms with E-state index in [9.17, 15) is 14.6 Å². The molecule has 1 amide bonds. The quantitative estimate of drug-likeness (QED) is 0.657. The highest BCUT2D eigenvalue weighted by Gasteiger charge is 2.31. The highest BCUT2D eigenvalue weighted by molar-refractivity contribution is 6.61. The first kappa shape index (κ1) is 14.1. The highest BCUT2D eigenvalue weighted by Crippen LogP contribution is 2.33. The highest BCUT2D eigenvalue weighted by atomic mass is 16.5. The molecule has 1 unspecified atom stereocenters. The molecule has 0 radical (unpaired) electrons. The first-order valence-corrected chi connectivity index (χ1v) is 7.01. The van der Waals surface area contributed by atoms with Gasteiger partial charge in [0.05, 0.1) is 6.61 Å². The van der Waals surface area contributed by atoms with E-state index in [1.807, 2.05) is 0 Å². The first-order chi connectivity index (χ1) is 10.0. The molecule has 0 saturated heterocycles. The monoisotopic (exact) mass is 289 g/mol. The van der Waals surface area contributed by atoms with Gasteiger partial charge in [-0.2, -0.15) is 0 Å². The molecule has 1 fully saturated rings. The standard InChI is InChI=1S/C14H16BNO5/c17-13(16-12(14(18)19)5-8-1-2-8)9-3-4-10-7-21-15(20)11(10)6-9/h3-4,6,8,12,20H,1-2,5,7H2,(H,16,17)(H,18,19). The van der Waals surface area contributed by atoms with Crippen LogP contribution in [0.5, 0.6) is 0 Å². The Balaban J connectivity index is 1.72. The molecule has 1 aromatic carbocycles. The van der Waals surface area contributed by atoms with Crippen molar-refractivity contribution in [1.29, 1.82) is 0 Å². The molecule has 7 heteroatoms. The zero-order valence-corrected chi connectivity index (χ0v) is 11.4. The number of carboxylic acid groups (broad SMARTS) is 1. The number of nitrogens with one attached hydrogen (secondary N) is 1. The molecule has 2 aliphatic rings. The van der Waals surface area contributed by atoms with Gasteiger partial charge in [-0.05, 0) is 35.5 Å². The molecular formula is C14H16BNO5. The summed E-state index contributed by atoms with van der Waals surface area (Å²) in [6, 6.07) is 4.03. The van der Waals surface area contributed by atoms with Crippen molar-refractivity contribution in [3.63, 3.8) is 0 Å². The second-order valence-electron chi connectivity index (χ2n) is 5.62. The fraction of sp³-hybridized carbons (Fsp3) is 0.429. The molecule has 6 nitrogen and oxygen atoms in total. The molecule has 3 rings (SSSR count). The number of fused-ring (bicyclic) bond motifs is 1. The second kappa shape index (κ2) is 5.50. The van der Waals surface area contributed by atoms with Crippen molar-refractivity contribution < 1.29 is 24.4 Å². The van der Waals surface area contributed by atoms with Crippen LogP contribution in [0.1, 0.15) is 35.2 Å². The Morgan fingerprint density at radius 3 is 2.86 bits per heavy atom. The number of hydrogen-bond acceptors (Lipinski definition) is 4. The van der Waals surface area contributed by atoms with E-state index in [0.717, 1.165) is 18.4 Å². The van der Waals surface area contributed by atoms with Crippen molar-refractivity contribution in [3.8, 4) is 0 Å². The summed E-state index contributed by atoms with van der Waals surface area (Å²) in [6.45, 7) is 0.317. The summed E-state index contributed by atoms with van der Waals surface area (Å²) in [7, 11) is -1.02. The average Bonchev–Trinajstić information content (AvgIpc) is 3.20. The number of carboxylic acids is 1. The molecule has 0 spiro atoms. The van der Waals surface area contributed by atoms with Gasteiger partial charge in [-0.25, -0.2) is 4.79 Å². The molecule has 3 N–H and O–H groups in total. The average molecular weight is 289 g/mol. The summed E-state index contributed by atoms with van der Waals surface area (Å²) in [5.74, 6) is -1.05. The van der Waals surface area contributed by atoms with Gasteiger partial charge >= 0.3 is 13.1 Å². The van der Waals surface area contributed by atoms with E-state index in [1.165, 1.54) is 0 Å². The van der Waals surface area contributed by atoms with Gasteiger partial charge in [0.2, 0.25) is 0 Å². The van der Waals surface area contributed by atoms with E-state index in [1.54, 1.807) is 18.2 Å². The maximum Gasteiger partial charge on any atom is 0.491 e. The first-order valence-electron chi connectivity index (χ1n) is 7.01. The minimum Gasteiger partial charge on any atom is -0.480 e. The number of carbonyl (C=O) groups is 2. The Kier molecular flexibility index (Phi) is 3.69. The smallest absolute Gasteiger partial charge is 0.480 e. The fourth-order valence-corrected chi connectivity index (χ4v) is 2.51. The van der Waals surface area contributed by atoms with Crippen LogP contribution in [0.2, 0.25) is 0 Å². The summed E-state index contributed by atoms with van der Waals surface area (Å²) >= 11 is 0. The number of rotatable bonds is 5. The van der Waals surface area contributed by atoms with Gasteiger partial charge in [-0.15, -0.1) is 0 Å². The lowest BCUT2D eigenvalue weighted by Crippen LogP contribution is -2.41. The summed E-state index contributed by atoms with van der Waals surface area (Å²) in [6.07, 6.45) is 2.53. The van der Waals surface area contributed by atoms with Crippen LogP contribution in [-0.4, -0.2) is 35.2 Å². The van der Waals surface area contributed by atoms with E-state index in [4.69, 9.17) is 9.76 Å². The molecule has 0 bridgehead atoms. The SMILES string of the molecule is O=C(NC(CC1CC1)C(=O)O)c1ccc2c(c1)B(O)OC2. The number of amides is 1. The van der Waals surface area contributed by atoms with Gasteiger partial charge in [0.15, 0.2) is 0 Å². The van der Waals surface area contributed by atoms with Crippen LogP contribution in [0.3, 0.4) is 0 Å². The van der Waals surface area contributed by atoms with E-state index < -0.39 is 25.0 Å². The Bertz CT molecular complexity index is 587. The van der Waals surface area contributed by atoms with Crippen molar-refractivity contribution in [2.45, 2.75) is 31.9 Å². The van der Waals surface area contributed by atoms with Crippen LogP contribution >= 0.6 is 0 Å². The van der Waals surface area contributed by atoms with Crippen molar-refractivity contribution in [3.05, 3.63) is 29.3 Å². The van der Waals surface area contributed by atoms with Gasteiger partial charge in [0.25, 0.3) is 5.91 Å². The molecular weight excluding hydrogens is 273 g/mol.